The lowest BCUT2D eigenvalue weighted by Gasteiger charge is -2.31. The van der Waals surface area contributed by atoms with E-state index in [0.717, 1.165) is 41.8 Å². The Morgan fingerprint density at radius 3 is 2.53 bits per heavy atom. The van der Waals surface area contributed by atoms with Crippen LogP contribution in [0.4, 0.5) is 5.69 Å². The van der Waals surface area contributed by atoms with Gasteiger partial charge in [0.05, 0.1) is 10.6 Å². The largest absolute Gasteiger partial charge is 0.321 e. The molecule has 0 bridgehead atoms. The van der Waals surface area contributed by atoms with Gasteiger partial charge in [-0.25, -0.2) is 13.1 Å². The lowest BCUT2D eigenvalue weighted by Crippen LogP contribution is -2.47. The predicted molar refractivity (Wildman–Crippen MR) is 131 cm³/mol. The highest BCUT2D eigenvalue weighted by Crippen LogP contribution is 2.29. The van der Waals surface area contributed by atoms with E-state index in [0.29, 0.717) is 37.6 Å². The van der Waals surface area contributed by atoms with Crippen LogP contribution in [0.1, 0.15) is 33.7 Å². The number of anilines is 1. The number of rotatable bonds is 5. The summed E-state index contributed by atoms with van der Waals surface area (Å²) in [7, 11) is -1.64. The molecule has 1 aliphatic heterocycles. The number of piperazine rings is 1. The van der Waals surface area contributed by atoms with Gasteiger partial charge in [0.15, 0.2) is 5.69 Å². The molecule has 0 saturated carbocycles. The van der Waals surface area contributed by atoms with Crippen LogP contribution in [0.3, 0.4) is 0 Å². The van der Waals surface area contributed by atoms with Gasteiger partial charge in [0.2, 0.25) is 10.0 Å². The second-order valence-electron chi connectivity index (χ2n) is 9.02. The first-order chi connectivity index (χ1) is 16.3. The van der Waals surface area contributed by atoms with Gasteiger partial charge in [-0.05, 0) is 63.1 Å². The number of aryl methyl sites for hydroxylation is 1. The number of benzene rings is 2. The molecular weight excluding hydrogens is 450 g/mol. The molecule has 178 valence electrons. The maximum atomic E-state index is 13.2. The Morgan fingerprint density at radius 2 is 1.76 bits per heavy atom. The number of carbonyl (C=O) groups excluding carboxylic acids is 1. The second kappa shape index (κ2) is 8.98. The Morgan fingerprint density at radius 1 is 1.00 bits per heavy atom. The Bertz CT molecular complexity index is 1340. The summed E-state index contributed by atoms with van der Waals surface area (Å²) in [4.78, 5) is 15.5. The van der Waals surface area contributed by atoms with E-state index in [4.69, 9.17) is 0 Å². The molecule has 1 amide bonds. The fourth-order valence-electron chi connectivity index (χ4n) is 4.72. The average Bonchev–Trinajstić information content (AvgIpc) is 3.43. The number of nitrogens with one attached hydrogen (secondary N) is 1. The summed E-state index contributed by atoms with van der Waals surface area (Å²) < 4.78 is 29.6. The van der Waals surface area contributed by atoms with Gasteiger partial charge >= 0.3 is 0 Å². The quantitative estimate of drug-likeness (QED) is 0.608. The molecule has 3 aromatic rings. The highest BCUT2D eigenvalue weighted by molar-refractivity contribution is 7.89. The topological polar surface area (TPSA) is 87.5 Å². The van der Waals surface area contributed by atoms with E-state index in [-0.39, 0.29) is 10.8 Å². The van der Waals surface area contributed by atoms with Gasteiger partial charge in [-0.15, -0.1) is 0 Å². The Balaban J connectivity index is 1.41. The minimum atomic E-state index is -3.62. The van der Waals surface area contributed by atoms with Crippen LogP contribution in [-0.4, -0.2) is 66.5 Å². The van der Waals surface area contributed by atoms with Crippen molar-refractivity contribution in [3.05, 3.63) is 71.0 Å². The van der Waals surface area contributed by atoms with E-state index in [1.54, 1.807) is 18.2 Å². The summed E-state index contributed by atoms with van der Waals surface area (Å²) in [6, 6.07) is 14.5. The van der Waals surface area contributed by atoms with Crippen LogP contribution >= 0.6 is 0 Å². The molecule has 0 unspecified atom stereocenters. The number of para-hydroxylation sites is 1. The SMILES string of the molecule is Cc1ccccc1-n1nc(C(=O)Nc2cccc(S(=O)(=O)N3CCN(C)CC3)c2)c2c1CCC2. The van der Waals surface area contributed by atoms with Crippen LogP contribution in [0, 0.1) is 6.92 Å². The number of fused-ring (bicyclic) bond motifs is 1. The monoisotopic (exact) mass is 479 g/mol. The van der Waals surface area contributed by atoms with Crippen molar-refractivity contribution < 1.29 is 13.2 Å². The number of sulfonamides is 1. The van der Waals surface area contributed by atoms with Gasteiger partial charge in [0.1, 0.15) is 0 Å². The van der Waals surface area contributed by atoms with Crippen LogP contribution < -0.4 is 5.32 Å². The molecule has 1 aliphatic carbocycles. The predicted octanol–water partition coefficient (Wildman–Crippen LogP) is 2.86. The molecule has 9 heteroatoms. The van der Waals surface area contributed by atoms with Crippen molar-refractivity contribution in [2.75, 3.05) is 38.5 Å². The summed E-state index contributed by atoms with van der Waals surface area (Å²) in [6.07, 6.45) is 2.67. The highest BCUT2D eigenvalue weighted by atomic mass is 32.2. The lowest BCUT2D eigenvalue weighted by atomic mass is 10.1. The van der Waals surface area contributed by atoms with Crippen LogP contribution in [0.2, 0.25) is 0 Å². The minimum absolute atomic E-state index is 0.186. The highest BCUT2D eigenvalue weighted by Gasteiger charge is 2.29. The molecule has 34 heavy (non-hydrogen) atoms. The molecule has 8 nitrogen and oxygen atoms in total. The van der Waals surface area contributed by atoms with Crippen molar-refractivity contribution >= 4 is 21.6 Å². The lowest BCUT2D eigenvalue weighted by molar-refractivity contribution is 0.102. The zero-order valence-corrected chi connectivity index (χ0v) is 20.3. The van der Waals surface area contributed by atoms with Gasteiger partial charge in [-0.3, -0.25) is 4.79 Å². The molecule has 0 atom stereocenters. The third-order valence-electron chi connectivity index (χ3n) is 6.68. The molecule has 1 fully saturated rings. The van der Waals surface area contributed by atoms with E-state index < -0.39 is 10.0 Å². The normalized spacial score (nSPS) is 17.0. The van der Waals surface area contributed by atoms with Gasteiger partial charge in [-0.1, -0.05) is 24.3 Å². The first-order valence-corrected chi connectivity index (χ1v) is 13.1. The van der Waals surface area contributed by atoms with Crippen LogP contribution in [-0.2, 0) is 22.9 Å². The molecule has 2 heterocycles. The average molecular weight is 480 g/mol. The number of hydrogen-bond acceptors (Lipinski definition) is 5. The number of amides is 1. The molecule has 2 aromatic carbocycles. The summed E-state index contributed by atoms with van der Waals surface area (Å²) in [5.41, 5.74) is 4.96. The fraction of sp³-hybridized carbons (Fsp3) is 0.360. The zero-order valence-electron chi connectivity index (χ0n) is 19.5. The molecule has 5 rings (SSSR count). The summed E-state index contributed by atoms with van der Waals surface area (Å²) in [6.45, 7) is 4.34. The Kier molecular flexibility index (Phi) is 6.01. The van der Waals surface area contributed by atoms with E-state index in [2.05, 4.69) is 15.3 Å². The van der Waals surface area contributed by atoms with Crippen molar-refractivity contribution in [2.24, 2.45) is 0 Å². The molecule has 0 radical (unpaired) electrons. The number of carbonyl (C=O) groups is 1. The van der Waals surface area contributed by atoms with Crippen LogP contribution in [0.5, 0.6) is 0 Å². The van der Waals surface area contributed by atoms with Crippen molar-refractivity contribution in [2.45, 2.75) is 31.1 Å². The smallest absolute Gasteiger partial charge is 0.276 e. The molecule has 1 aromatic heterocycles. The van der Waals surface area contributed by atoms with Crippen molar-refractivity contribution in [1.82, 2.24) is 19.0 Å². The molecule has 0 spiro atoms. The van der Waals surface area contributed by atoms with Gasteiger partial charge in [0.25, 0.3) is 5.91 Å². The Hall–Kier alpha value is -3.01. The van der Waals surface area contributed by atoms with E-state index >= 15 is 0 Å². The van der Waals surface area contributed by atoms with Gasteiger partial charge in [-0.2, -0.15) is 9.40 Å². The van der Waals surface area contributed by atoms with Crippen LogP contribution in [0.25, 0.3) is 5.69 Å². The molecule has 1 N–H and O–H groups in total. The first-order valence-electron chi connectivity index (χ1n) is 11.6. The zero-order chi connectivity index (χ0) is 23.9. The molecule has 1 saturated heterocycles. The summed E-state index contributed by atoms with van der Waals surface area (Å²) in [5.74, 6) is -0.320. The second-order valence-corrected chi connectivity index (χ2v) is 11.0. The number of likely N-dealkylation sites (N-methyl/N-ethyl adjacent to an activating group) is 1. The van der Waals surface area contributed by atoms with E-state index in [9.17, 15) is 13.2 Å². The molecule has 2 aliphatic rings. The molecular formula is C25H29N5O3S. The van der Waals surface area contributed by atoms with Crippen LogP contribution in [0.15, 0.2) is 53.4 Å². The summed E-state index contributed by atoms with van der Waals surface area (Å²) in [5, 5.41) is 7.57. The third-order valence-corrected chi connectivity index (χ3v) is 8.58. The number of hydrogen-bond donors (Lipinski definition) is 1. The van der Waals surface area contributed by atoms with E-state index in [1.165, 1.54) is 10.4 Å². The van der Waals surface area contributed by atoms with Gasteiger partial charge < -0.3 is 10.2 Å². The number of aromatic nitrogens is 2. The van der Waals surface area contributed by atoms with Crippen molar-refractivity contribution in [1.29, 1.82) is 0 Å². The number of nitrogens with zero attached hydrogens (tertiary/aromatic N) is 4. The van der Waals surface area contributed by atoms with Gasteiger partial charge in [0, 0.05) is 43.1 Å². The van der Waals surface area contributed by atoms with E-state index in [1.807, 2.05) is 42.9 Å². The maximum Gasteiger partial charge on any atom is 0.276 e. The third kappa shape index (κ3) is 4.15. The maximum absolute atomic E-state index is 13.2. The van der Waals surface area contributed by atoms with Crippen molar-refractivity contribution in [3.8, 4) is 5.69 Å². The first kappa shape index (κ1) is 22.8. The Labute approximate surface area is 200 Å². The fourth-order valence-corrected chi connectivity index (χ4v) is 6.19. The van der Waals surface area contributed by atoms with Crippen molar-refractivity contribution in [3.63, 3.8) is 0 Å². The minimum Gasteiger partial charge on any atom is -0.321 e. The standard InChI is InChI=1S/C25H29N5O3S/c1-18-7-3-4-11-22(18)30-23-12-6-10-21(23)24(27-30)25(31)26-19-8-5-9-20(17-19)34(32,33)29-15-13-28(2)14-16-29/h3-5,7-9,11,17H,6,10,12-16H2,1-2H3,(H,26,31). The summed E-state index contributed by atoms with van der Waals surface area (Å²) >= 11 is 0.